The van der Waals surface area contributed by atoms with Crippen LogP contribution in [0.15, 0.2) is 42.6 Å². The molecule has 2 aromatic rings. The molecule has 1 aliphatic carbocycles. The van der Waals surface area contributed by atoms with Crippen molar-refractivity contribution in [2.45, 2.75) is 25.3 Å². The van der Waals surface area contributed by atoms with Gasteiger partial charge >= 0.3 is 0 Å². The van der Waals surface area contributed by atoms with Crippen LogP contribution in [0.3, 0.4) is 0 Å². The third kappa shape index (κ3) is 4.79. The van der Waals surface area contributed by atoms with Crippen LogP contribution in [-0.4, -0.2) is 68.1 Å². The predicted molar refractivity (Wildman–Crippen MR) is 121 cm³/mol. The fourth-order valence-corrected chi connectivity index (χ4v) is 4.54. The van der Waals surface area contributed by atoms with Crippen molar-refractivity contribution in [3.05, 3.63) is 48.2 Å². The molecule has 1 aromatic heterocycles. The molecule has 2 atom stereocenters. The van der Waals surface area contributed by atoms with Gasteiger partial charge in [-0.1, -0.05) is 12.5 Å². The van der Waals surface area contributed by atoms with Crippen molar-refractivity contribution in [1.29, 1.82) is 0 Å². The molecule has 1 N–H and O–H groups in total. The maximum Gasteiger partial charge on any atom is 0.253 e. The average Bonchev–Trinajstić information content (AvgIpc) is 3.31. The molecule has 8 nitrogen and oxygen atoms in total. The first-order chi connectivity index (χ1) is 15.6. The van der Waals surface area contributed by atoms with Crippen molar-refractivity contribution >= 4 is 17.5 Å². The Balaban J connectivity index is 1.33. The Hall–Kier alpha value is -3.29. The van der Waals surface area contributed by atoms with E-state index in [1.54, 1.807) is 19.2 Å². The highest BCUT2D eigenvalue weighted by molar-refractivity contribution is 5.94. The van der Waals surface area contributed by atoms with Gasteiger partial charge in [0.1, 0.15) is 5.75 Å². The van der Waals surface area contributed by atoms with Gasteiger partial charge in [-0.3, -0.25) is 9.59 Å². The molecule has 2 heterocycles. The molecule has 1 aromatic carbocycles. The lowest BCUT2D eigenvalue weighted by molar-refractivity contribution is -0.136. The van der Waals surface area contributed by atoms with Crippen molar-refractivity contribution < 1.29 is 19.1 Å². The maximum atomic E-state index is 13.3. The monoisotopic (exact) mass is 438 g/mol. The lowest BCUT2D eigenvalue weighted by atomic mass is 10.0. The molecule has 0 radical (unpaired) electrons. The van der Waals surface area contributed by atoms with Gasteiger partial charge in [-0.2, -0.15) is 0 Å². The smallest absolute Gasteiger partial charge is 0.253 e. The topological polar surface area (TPSA) is 84.0 Å². The van der Waals surface area contributed by atoms with E-state index >= 15 is 0 Å². The maximum absolute atomic E-state index is 13.3. The molecule has 0 spiro atoms. The summed E-state index contributed by atoms with van der Waals surface area (Å²) in [6.07, 6.45) is 4.06. The predicted octanol–water partition coefficient (Wildman–Crippen LogP) is 2.35. The summed E-state index contributed by atoms with van der Waals surface area (Å²) in [5.41, 5.74) is 1.58. The fourth-order valence-electron chi connectivity index (χ4n) is 4.54. The third-order valence-corrected chi connectivity index (χ3v) is 6.37. The Kier molecular flexibility index (Phi) is 6.78. The molecule has 2 fully saturated rings. The minimum Gasteiger partial charge on any atom is -0.497 e. The van der Waals surface area contributed by atoms with Crippen molar-refractivity contribution in [2.24, 2.45) is 5.92 Å². The molecule has 0 bridgehead atoms. The lowest BCUT2D eigenvalue weighted by Crippen LogP contribution is -2.52. The van der Waals surface area contributed by atoms with E-state index < -0.39 is 0 Å². The van der Waals surface area contributed by atoms with E-state index in [0.29, 0.717) is 24.5 Å². The van der Waals surface area contributed by atoms with Gasteiger partial charge in [-0.25, -0.2) is 4.98 Å². The molecule has 2 unspecified atom stereocenters. The minimum absolute atomic E-state index is 0.144. The highest BCUT2D eigenvalue weighted by atomic mass is 16.5. The number of piperazine rings is 1. The van der Waals surface area contributed by atoms with Crippen LogP contribution < -0.4 is 19.7 Å². The van der Waals surface area contributed by atoms with E-state index in [0.717, 1.165) is 43.8 Å². The van der Waals surface area contributed by atoms with Gasteiger partial charge in [0.25, 0.3) is 5.91 Å². The van der Waals surface area contributed by atoms with Gasteiger partial charge in [0.2, 0.25) is 11.8 Å². The zero-order chi connectivity index (χ0) is 22.5. The molecule has 1 saturated heterocycles. The quantitative estimate of drug-likeness (QED) is 0.745. The van der Waals surface area contributed by atoms with Crippen LogP contribution in [0.4, 0.5) is 5.69 Å². The summed E-state index contributed by atoms with van der Waals surface area (Å²) < 4.78 is 10.4. The number of anilines is 1. The van der Waals surface area contributed by atoms with Crippen LogP contribution in [-0.2, 0) is 4.79 Å². The highest BCUT2D eigenvalue weighted by Crippen LogP contribution is 2.29. The second-order valence-electron chi connectivity index (χ2n) is 8.22. The fraction of sp³-hybridized carbons (Fsp3) is 0.458. The van der Waals surface area contributed by atoms with E-state index in [4.69, 9.17) is 9.47 Å². The van der Waals surface area contributed by atoms with Crippen LogP contribution in [0.2, 0.25) is 0 Å². The molecule has 1 aliphatic heterocycles. The van der Waals surface area contributed by atoms with E-state index in [1.165, 1.54) is 13.3 Å². The minimum atomic E-state index is -0.201. The molecular weight excluding hydrogens is 408 g/mol. The summed E-state index contributed by atoms with van der Waals surface area (Å²) in [4.78, 5) is 34.2. The van der Waals surface area contributed by atoms with Gasteiger partial charge in [0.05, 0.1) is 25.7 Å². The number of pyridine rings is 1. The Morgan fingerprint density at radius 2 is 1.84 bits per heavy atom. The molecule has 4 rings (SSSR count). The van der Waals surface area contributed by atoms with Gasteiger partial charge in [-0.05, 0) is 31.0 Å². The Labute approximate surface area is 188 Å². The number of benzene rings is 1. The van der Waals surface area contributed by atoms with E-state index in [-0.39, 0.29) is 23.8 Å². The number of aromatic nitrogens is 1. The Bertz CT molecular complexity index is 941. The van der Waals surface area contributed by atoms with Crippen molar-refractivity contribution in [3.8, 4) is 11.6 Å². The van der Waals surface area contributed by atoms with Gasteiger partial charge in [0, 0.05) is 56.2 Å². The first kappa shape index (κ1) is 21.9. The van der Waals surface area contributed by atoms with E-state index in [2.05, 4.69) is 21.3 Å². The largest absolute Gasteiger partial charge is 0.497 e. The molecule has 170 valence electrons. The normalized spacial score (nSPS) is 20.7. The first-order valence-electron chi connectivity index (χ1n) is 11.1. The van der Waals surface area contributed by atoms with Gasteiger partial charge in [-0.15, -0.1) is 0 Å². The summed E-state index contributed by atoms with van der Waals surface area (Å²) in [7, 11) is 3.20. The number of rotatable bonds is 6. The molecular formula is C24H30N4O4. The number of nitrogens with zero attached hydrogens (tertiary/aromatic N) is 3. The van der Waals surface area contributed by atoms with Crippen LogP contribution in [0.5, 0.6) is 11.6 Å². The summed E-state index contributed by atoms with van der Waals surface area (Å²) in [6.45, 7) is 2.91. The van der Waals surface area contributed by atoms with Gasteiger partial charge < -0.3 is 24.6 Å². The number of hydrogen-bond donors (Lipinski definition) is 1. The van der Waals surface area contributed by atoms with E-state index in [9.17, 15) is 9.59 Å². The second kappa shape index (κ2) is 9.89. The van der Waals surface area contributed by atoms with Crippen molar-refractivity contribution in [2.75, 3.05) is 45.3 Å². The SMILES string of the molecule is COc1cccc(N2CCN(C(=O)C3CCCC3NC(=O)c3ccc(OC)nc3)CC2)c1. The van der Waals surface area contributed by atoms with Crippen LogP contribution in [0, 0.1) is 5.92 Å². The number of nitrogens with one attached hydrogen (secondary N) is 1. The highest BCUT2D eigenvalue weighted by Gasteiger charge is 2.37. The number of methoxy groups -OCH3 is 2. The van der Waals surface area contributed by atoms with Crippen molar-refractivity contribution in [1.82, 2.24) is 15.2 Å². The van der Waals surface area contributed by atoms with Crippen LogP contribution in [0.1, 0.15) is 29.6 Å². The molecule has 32 heavy (non-hydrogen) atoms. The van der Waals surface area contributed by atoms with Crippen LogP contribution in [0.25, 0.3) is 0 Å². The molecule has 1 saturated carbocycles. The van der Waals surface area contributed by atoms with Gasteiger partial charge in [0.15, 0.2) is 0 Å². The Morgan fingerprint density at radius 3 is 2.53 bits per heavy atom. The zero-order valence-corrected chi connectivity index (χ0v) is 18.6. The summed E-state index contributed by atoms with van der Waals surface area (Å²) in [5, 5.41) is 3.06. The summed E-state index contributed by atoms with van der Waals surface area (Å²) in [6, 6.07) is 11.2. The second-order valence-corrected chi connectivity index (χ2v) is 8.22. The Morgan fingerprint density at radius 1 is 1.03 bits per heavy atom. The van der Waals surface area contributed by atoms with Crippen molar-refractivity contribution in [3.63, 3.8) is 0 Å². The number of amides is 2. The molecule has 2 aliphatic rings. The van der Waals surface area contributed by atoms with E-state index in [1.807, 2.05) is 23.1 Å². The number of hydrogen-bond acceptors (Lipinski definition) is 6. The number of carbonyl (C=O) groups excluding carboxylic acids is 2. The zero-order valence-electron chi connectivity index (χ0n) is 18.6. The average molecular weight is 439 g/mol. The number of ether oxygens (including phenoxy) is 2. The number of carbonyl (C=O) groups is 2. The van der Waals surface area contributed by atoms with Crippen LogP contribution >= 0.6 is 0 Å². The molecule has 2 amide bonds. The third-order valence-electron chi connectivity index (χ3n) is 6.37. The standard InChI is InChI=1S/C24H30N4O4/c1-31-19-6-3-5-18(15-19)27-11-13-28(14-12-27)24(30)20-7-4-8-21(20)26-23(29)17-9-10-22(32-2)25-16-17/h3,5-6,9-10,15-16,20-21H,4,7-8,11-14H2,1-2H3,(H,26,29). The summed E-state index contributed by atoms with van der Waals surface area (Å²) in [5.74, 6) is 1.06. The molecule has 8 heteroatoms. The first-order valence-corrected chi connectivity index (χ1v) is 11.1. The lowest BCUT2D eigenvalue weighted by Gasteiger charge is -2.38. The summed E-state index contributed by atoms with van der Waals surface area (Å²) >= 11 is 0.